The first-order valence-corrected chi connectivity index (χ1v) is 12.3. The fourth-order valence-electron chi connectivity index (χ4n) is 4.07. The molecule has 1 heterocycles. The van der Waals surface area contributed by atoms with Crippen molar-refractivity contribution in [2.45, 2.75) is 84.0 Å². The van der Waals surface area contributed by atoms with Gasteiger partial charge in [-0.1, -0.05) is 63.6 Å². The summed E-state index contributed by atoms with van der Waals surface area (Å²) < 4.78 is 17.4. The van der Waals surface area contributed by atoms with Gasteiger partial charge in [-0.15, -0.1) is 0 Å². The number of para-hydroxylation sites is 1. The molecule has 1 atom stereocenters. The molecule has 1 aliphatic rings. The van der Waals surface area contributed by atoms with E-state index in [1.54, 1.807) is 0 Å². The fourth-order valence-corrected chi connectivity index (χ4v) is 4.07. The molecule has 1 unspecified atom stereocenters. The van der Waals surface area contributed by atoms with Crippen molar-refractivity contribution in [1.29, 1.82) is 0 Å². The Labute approximate surface area is 188 Å². The van der Waals surface area contributed by atoms with E-state index in [1.807, 2.05) is 12.1 Å². The number of aryl methyl sites for hydroxylation is 1. The van der Waals surface area contributed by atoms with Crippen LogP contribution in [0.3, 0.4) is 0 Å². The molecule has 0 radical (unpaired) electrons. The molecule has 1 aliphatic heterocycles. The maximum absolute atomic E-state index is 12.1. The molecule has 5 heteroatoms. The van der Waals surface area contributed by atoms with Crippen LogP contribution in [0.5, 0.6) is 5.75 Å². The molecule has 1 aromatic carbocycles. The van der Waals surface area contributed by atoms with Crippen LogP contribution in [0.15, 0.2) is 24.3 Å². The molecule has 0 aliphatic carbocycles. The average Bonchev–Trinajstić information content (AvgIpc) is 2.78. The summed E-state index contributed by atoms with van der Waals surface area (Å²) in [7, 11) is 0. The molecular weight excluding hydrogens is 392 g/mol. The molecule has 0 bridgehead atoms. The number of rotatable bonds is 13. The number of carbonyl (C=O) groups is 1. The highest BCUT2D eigenvalue weighted by molar-refractivity contribution is 5.74. The standard InChI is InChI=1S/C26H42O5/c1-2-3-4-5-6-7-8-13-23-14-9-10-15-24(23)31-21-17-26(25(27)28)16-20-29-18-11-12-19-30-22-26/h9-10,14-15H,2-8,11-13,16-22H2,1H3,(H,27,28). The van der Waals surface area contributed by atoms with Gasteiger partial charge < -0.3 is 19.3 Å². The van der Waals surface area contributed by atoms with Crippen LogP contribution in [-0.2, 0) is 20.7 Å². The highest BCUT2D eigenvalue weighted by Crippen LogP contribution is 2.30. The topological polar surface area (TPSA) is 65.0 Å². The Morgan fingerprint density at radius 1 is 1.00 bits per heavy atom. The fraction of sp³-hybridized carbons (Fsp3) is 0.731. The van der Waals surface area contributed by atoms with Crippen LogP contribution >= 0.6 is 0 Å². The smallest absolute Gasteiger partial charge is 0.312 e. The third-order valence-corrected chi connectivity index (χ3v) is 6.24. The molecule has 0 amide bonds. The number of hydrogen-bond donors (Lipinski definition) is 1. The van der Waals surface area contributed by atoms with Crippen LogP contribution in [0.25, 0.3) is 0 Å². The average molecular weight is 435 g/mol. The Hall–Kier alpha value is -1.59. The molecule has 1 N–H and O–H groups in total. The number of benzene rings is 1. The van der Waals surface area contributed by atoms with Crippen molar-refractivity contribution in [2.75, 3.05) is 33.0 Å². The number of carboxylic acid groups (broad SMARTS) is 1. The van der Waals surface area contributed by atoms with E-state index < -0.39 is 11.4 Å². The lowest BCUT2D eigenvalue weighted by atomic mass is 9.82. The lowest BCUT2D eigenvalue weighted by molar-refractivity contribution is -0.156. The SMILES string of the molecule is CCCCCCCCCc1ccccc1OCCC1(C(=O)O)CCOCCCCOC1. The first-order valence-electron chi connectivity index (χ1n) is 12.3. The van der Waals surface area contributed by atoms with Gasteiger partial charge in [-0.25, -0.2) is 0 Å². The summed E-state index contributed by atoms with van der Waals surface area (Å²) in [4.78, 5) is 12.1. The summed E-state index contributed by atoms with van der Waals surface area (Å²) in [5.41, 5.74) is 0.260. The van der Waals surface area contributed by atoms with Crippen molar-refractivity contribution in [1.82, 2.24) is 0 Å². The molecule has 0 aromatic heterocycles. The van der Waals surface area contributed by atoms with E-state index in [0.29, 0.717) is 39.3 Å². The Morgan fingerprint density at radius 3 is 2.48 bits per heavy atom. The van der Waals surface area contributed by atoms with Crippen molar-refractivity contribution >= 4 is 5.97 Å². The molecule has 2 rings (SSSR count). The first-order chi connectivity index (χ1) is 15.2. The van der Waals surface area contributed by atoms with Crippen LogP contribution in [0.4, 0.5) is 0 Å². The van der Waals surface area contributed by atoms with Crippen molar-refractivity contribution in [3.05, 3.63) is 29.8 Å². The quantitative estimate of drug-likeness (QED) is 0.384. The molecule has 5 nitrogen and oxygen atoms in total. The van der Waals surface area contributed by atoms with E-state index in [4.69, 9.17) is 14.2 Å². The van der Waals surface area contributed by atoms with Crippen LogP contribution in [0.2, 0.25) is 0 Å². The van der Waals surface area contributed by atoms with Gasteiger partial charge in [0, 0.05) is 19.8 Å². The van der Waals surface area contributed by atoms with Gasteiger partial charge >= 0.3 is 5.97 Å². The largest absolute Gasteiger partial charge is 0.493 e. The molecule has 0 spiro atoms. The predicted octanol–water partition coefficient (Wildman–Crippen LogP) is 6.04. The number of hydrogen-bond acceptors (Lipinski definition) is 4. The van der Waals surface area contributed by atoms with E-state index in [9.17, 15) is 9.90 Å². The monoisotopic (exact) mass is 434 g/mol. The lowest BCUT2D eigenvalue weighted by Crippen LogP contribution is -2.39. The molecule has 31 heavy (non-hydrogen) atoms. The van der Waals surface area contributed by atoms with Crippen molar-refractivity contribution in [3.8, 4) is 5.75 Å². The van der Waals surface area contributed by atoms with Crippen LogP contribution in [0, 0.1) is 5.41 Å². The highest BCUT2D eigenvalue weighted by atomic mass is 16.5. The van der Waals surface area contributed by atoms with E-state index in [2.05, 4.69) is 19.1 Å². The molecular formula is C26H42O5. The summed E-state index contributed by atoms with van der Waals surface area (Å²) in [6.07, 6.45) is 12.7. The maximum atomic E-state index is 12.1. The zero-order chi connectivity index (χ0) is 22.2. The van der Waals surface area contributed by atoms with Crippen LogP contribution in [0.1, 0.15) is 83.1 Å². The molecule has 176 valence electrons. The third-order valence-electron chi connectivity index (χ3n) is 6.24. The normalized spacial score (nSPS) is 20.3. The van der Waals surface area contributed by atoms with Crippen LogP contribution < -0.4 is 4.74 Å². The van der Waals surface area contributed by atoms with E-state index >= 15 is 0 Å². The third kappa shape index (κ3) is 9.61. The summed E-state index contributed by atoms with van der Waals surface area (Å²) in [5.74, 6) is 0.0580. The predicted molar refractivity (Wildman–Crippen MR) is 124 cm³/mol. The van der Waals surface area contributed by atoms with Crippen molar-refractivity contribution in [2.24, 2.45) is 5.41 Å². The number of carboxylic acids is 1. The van der Waals surface area contributed by atoms with Gasteiger partial charge in [0.05, 0.1) is 18.6 Å². The number of ether oxygens (including phenoxy) is 3. The van der Waals surface area contributed by atoms with Gasteiger partial charge in [0.2, 0.25) is 0 Å². The maximum Gasteiger partial charge on any atom is 0.312 e. The summed E-state index contributed by atoms with van der Waals surface area (Å²) in [6, 6.07) is 8.16. The van der Waals surface area contributed by atoms with Gasteiger partial charge in [0.25, 0.3) is 0 Å². The van der Waals surface area contributed by atoms with Crippen molar-refractivity contribution < 1.29 is 24.1 Å². The lowest BCUT2D eigenvalue weighted by Gasteiger charge is -2.30. The van der Waals surface area contributed by atoms with Crippen molar-refractivity contribution in [3.63, 3.8) is 0 Å². The zero-order valence-corrected chi connectivity index (χ0v) is 19.4. The molecule has 1 aromatic rings. The van der Waals surface area contributed by atoms with Gasteiger partial charge in [-0.2, -0.15) is 0 Å². The minimum absolute atomic E-state index is 0.217. The summed E-state index contributed by atoms with van der Waals surface area (Å²) in [5, 5.41) is 9.95. The van der Waals surface area contributed by atoms with E-state index in [0.717, 1.165) is 31.4 Å². The highest BCUT2D eigenvalue weighted by Gasteiger charge is 2.39. The number of aliphatic carboxylic acids is 1. The zero-order valence-electron chi connectivity index (χ0n) is 19.4. The van der Waals surface area contributed by atoms with E-state index in [-0.39, 0.29) is 6.61 Å². The Balaban J connectivity index is 1.84. The summed E-state index contributed by atoms with van der Waals surface area (Å²) in [6.45, 7) is 4.53. The Kier molecular flexibility index (Phi) is 12.6. The molecule has 0 saturated carbocycles. The second-order valence-electron chi connectivity index (χ2n) is 8.79. The second kappa shape index (κ2) is 15.3. The molecule has 1 fully saturated rings. The Morgan fingerprint density at radius 2 is 1.71 bits per heavy atom. The number of unbranched alkanes of at least 4 members (excludes halogenated alkanes) is 6. The minimum Gasteiger partial charge on any atom is -0.493 e. The Bertz CT molecular complexity index is 606. The van der Waals surface area contributed by atoms with Gasteiger partial charge in [-0.3, -0.25) is 4.79 Å². The van der Waals surface area contributed by atoms with E-state index in [1.165, 1.54) is 44.1 Å². The second-order valence-corrected chi connectivity index (χ2v) is 8.79. The van der Waals surface area contributed by atoms with Crippen LogP contribution in [-0.4, -0.2) is 44.1 Å². The van der Waals surface area contributed by atoms with Gasteiger partial charge in [0.1, 0.15) is 5.75 Å². The molecule has 1 saturated heterocycles. The summed E-state index contributed by atoms with van der Waals surface area (Å²) >= 11 is 0. The van der Waals surface area contributed by atoms with Gasteiger partial charge in [0.15, 0.2) is 0 Å². The first kappa shape index (κ1) is 25.7. The van der Waals surface area contributed by atoms with Gasteiger partial charge in [-0.05, 0) is 50.2 Å². The minimum atomic E-state index is -0.954.